The van der Waals surface area contributed by atoms with Gasteiger partial charge >= 0.3 is 0 Å². The number of hydrogen-bond donors (Lipinski definition) is 0. The first-order valence-electron chi connectivity index (χ1n) is 8.97. The number of carbonyl (C=O) groups is 1. The molecular weight excluding hydrogens is 357 g/mol. The summed E-state index contributed by atoms with van der Waals surface area (Å²) in [6, 6.07) is 13.5. The average molecular weight is 375 g/mol. The van der Waals surface area contributed by atoms with Crippen LogP contribution in [0.5, 0.6) is 0 Å². The van der Waals surface area contributed by atoms with Crippen LogP contribution in [0.2, 0.25) is 0 Å². The average Bonchev–Trinajstić information content (AvgIpc) is 3.35. The minimum atomic E-state index is -0.303. The number of nitrogens with zero attached hydrogens (tertiary/aromatic N) is 3. The third-order valence-corrected chi connectivity index (χ3v) is 4.61. The van der Waals surface area contributed by atoms with Crippen molar-refractivity contribution in [3.63, 3.8) is 0 Å². The van der Waals surface area contributed by atoms with Crippen LogP contribution in [0.25, 0.3) is 28.2 Å². The molecule has 5 nitrogen and oxygen atoms in total. The first kappa shape index (κ1) is 17.9. The highest BCUT2D eigenvalue weighted by Crippen LogP contribution is 2.34. The van der Waals surface area contributed by atoms with Crippen LogP contribution in [0, 0.1) is 5.82 Å². The fourth-order valence-electron chi connectivity index (χ4n) is 3.10. The van der Waals surface area contributed by atoms with Gasteiger partial charge in [-0.25, -0.2) is 9.37 Å². The molecule has 0 radical (unpaired) electrons. The third kappa shape index (κ3) is 3.24. The SMILES string of the molecule is CCc1onc(-c2ccc(F)cc2)c1-c1cn(-c2ccc(C(C)=O)cc2)cn1. The topological polar surface area (TPSA) is 60.9 Å². The molecule has 0 saturated carbocycles. The second kappa shape index (κ2) is 7.23. The highest BCUT2D eigenvalue weighted by Gasteiger charge is 2.20. The second-order valence-corrected chi connectivity index (χ2v) is 6.46. The monoisotopic (exact) mass is 375 g/mol. The van der Waals surface area contributed by atoms with Gasteiger partial charge < -0.3 is 9.09 Å². The van der Waals surface area contributed by atoms with Crippen LogP contribution in [0.15, 0.2) is 65.6 Å². The zero-order valence-electron chi connectivity index (χ0n) is 15.5. The minimum Gasteiger partial charge on any atom is -0.360 e. The van der Waals surface area contributed by atoms with E-state index in [4.69, 9.17) is 4.52 Å². The lowest BCUT2D eigenvalue weighted by molar-refractivity contribution is 0.101. The zero-order valence-corrected chi connectivity index (χ0v) is 15.5. The number of carbonyl (C=O) groups excluding carboxylic acids is 1. The Morgan fingerprint density at radius 3 is 2.46 bits per heavy atom. The summed E-state index contributed by atoms with van der Waals surface area (Å²) in [6.07, 6.45) is 4.25. The van der Waals surface area contributed by atoms with Crippen LogP contribution in [0.3, 0.4) is 0 Å². The Labute approximate surface area is 161 Å². The number of hydrogen-bond acceptors (Lipinski definition) is 4. The van der Waals surface area contributed by atoms with E-state index in [9.17, 15) is 9.18 Å². The molecule has 0 aliphatic rings. The first-order chi connectivity index (χ1) is 13.6. The highest BCUT2D eigenvalue weighted by atomic mass is 19.1. The van der Waals surface area contributed by atoms with Crippen LogP contribution in [0.4, 0.5) is 4.39 Å². The molecule has 4 rings (SSSR count). The molecule has 0 atom stereocenters. The standard InChI is InChI=1S/C22H18FN3O2/c1-3-20-21(22(25-28-20)16-4-8-17(23)9-5-16)19-12-26(13-24-19)18-10-6-15(7-11-18)14(2)27/h4-13H,3H2,1-2H3. The Balaban J connectivity index is 1.75. The number of imidazole rings is 1. The molecule has 0 unspecified atom stereocenters. The summed E-state index contributed by atoms with van der Waals surface area (Å²) in [7, 11) is 0. The van der Waals surface area contributed by atoms with E-state index in [2.05, 4.69) is 10.1 Å². The zero-order chi connectivity index (χ0) is 19.7. The fraction of sp³-hybridized carbons (Fsp3) is 0.136. The van der Waals surface area contributed by atoms with Crippen molar-refractivity contribution in [1.82, 2.24) is 14.7 Å². The summed E-state index contributed by atoms with van der Waals surface area (Å²) < 4.78 is 20.7. The van der Waals surface area contributed by atoms with E-state index < -0.39 is 0 Å². The van der Waals surface area contributed by atoms with Crippen molar-refractivity contribution in [3.05, 3.63) is 78.2 Å². The molecule has 0 bridgehead atoms. The maximum atomic E-state index is 13.3. The molecule has 2 aromatic carbocycles. The van der Waals surface area contributed by atoms with Gasteiger partial charge in [0.1, 0.15) is 17.3 Å². The highest BCUT2D eigenvalue weighted by molar-refractivity contribution is 5.94. The van der Waals surface area contributed by atoms with E-state index in [-0.39, 0.29) is 11.6 Å². The lowest BCUT2D eigenvalue weighted by Gasteiger charge is -2.03. The van der Waals surface area contributed by atoms with Crippen LogP contribution in [-0.2, 0) is 6.42 Å². The maximum absolute atomic E-state index is 13.3. The summed E-state index contributed by atoms with van der Waals surface area (Å²) in [5.74, 6) is 0.443. The smallest absolute Gasteiger partial charge is 0.159 e. The predicted molar refractivity (Wildman–Crippen MR) is 104 cm³/mol. The Morgan fingerprint density at radius 2 is 1.82 bits per heavy atom. The second-order valence-electron chi connectivity index (χ2n) is 6.46. The lowest BCUT2D eigenvalue weighted by Crippen LogP contribution is -1.94. The van der Waals surface area contributed by atoms with E-state index in [1.54, 1.807) is 37.5 Å². The molecule has 0 spiro atoms. The fourth-order valence-corrected chi connectivity index (χ4v) is 3.10. The van der Waals surface area contributed by atoms with Crippen molar-refractivity contribution in [2.45, 2.75) is 20.3 Å². The van der Waals surface area contributed by atoms with E-state index in [1.165, 1.54) is 12.1 Å². The van der Waals surface area contributed by atoms with E-state index in [0.29, 0.717) is 23.4 Å². The molecule has 0 amide bonds. The van der Waals surface area contributed by atoms with Gasteiger partial charge in [-0.05, 0) is 55.5 Å². The first-order valence-corrected chi connectivity index (χ1v) is 8.97. The summed E-state index contributed by atoms with van der Waals surface area (Å²) in [5, 5.41) is 4.19. The molecule has 6 heteroatoms. The van der Waals surface area contributed by atoms with Gasteiger partial charge in [0.25, 0.3) is 0 Å². The van der Waals surface area contributed by atoms with Gasteiger partial charge in [-0.15, -0.1) is 0 Å². The normalized spacial score (nSPS) is 11.0. The maximum Gasteiger partial charge on any atom is 0.159 e. The molecule has 0 N–H and O–H groups in total. The van der Waals surface area contributed by atoms with Crippen LogP contribution in [-0.4, -0.2) is 20.5 Å². The number of aryl methyl sites for hydroxylation is 1. The number of Topliss-reactive ketones (excluding diaryl/α,β-unsaturated/α-hetero) is 1. The van der Waals surface area contributed by atoms with Crippen molar-refractivity contribution >= 4 is 5.78 Å². The van der Waals surface area contributed by atoms with E-state index in [0.717, 1.165) is 22.6 Å². The molecule has 0 saturated heterocycles. The molecular formula is C22H18FN3O2. The van der Waals surface area contributed by atoms with Gasteiger partial charge in [-0.3, -0.25) is 4.79 Å². The Hall–Kier alpha value is -3.54. The molecule has 140 valence electrons. The van der Waals surface area contributed by atoms with Gasteiger partial charge in [0.05, 0.1) is 17.6 Å². The summed E-state index contributed by atoms with van der Waals surface area (Å²) >= 11 is 0. The van der Waals surface area contributed by atoms with Crippen LogP contribution in [0.1, 0.15) is 30.0 Å². The Bertz CT molecular complexity index is 1130. The Morgan fingerprint density at radius 1 is 1.11 bits per heavy atom. The van der Waals surface area contributed by atoms with E-state index >= 15 is 0 Å². The minimum absolute atomic E-state index is 0.0267. The lowest BCUT2D eigenvalue weighted by atomic mass is 10.0. The van der Waals surface area contributed by atoms with Crippen LogP contribution < -0.4 is 0 Å². The van der Waals surface area contributed by atoms with Crippen LogP contribution >= 0.6 is 0 Å². The number of rotatable bonds is 5. The predicted octanol–water partition coefficient (Wildman–Crippen LogP) is 5.10. The largest absolute Gasteiger partial charge is 0.360 e. The summed E-state index contributed by atoms with van der Waals surface area (Å²) in [4.78, 5) is 16.0. The van der Waals surface area contributed by atoms with Gasteiger partial charge in [-0.2, -0.15) is 0 Å². The Kier molecular flexibility index (Phi) is 4.61. The molecule has 4 aromatic rings. The number of ketones is 1. The van der Waals surface area contributed by atoms with Gasteiger partial charge in [0.15, 0.2) is 5.78 Å². The van der Waals surface area contributed by atoms with Gasteiger partial charge in [0, 0.05) is 29.4 Å². The molecule has 0 fully saturated rings. The third-order valence-electron chi connectivity index (χ3n) is 4.61. The van der Waals surface area contributed by atoms with Crippen molar-refractivity contribution in [2.24, 2.45) is 0 Å². The molecule has 2 aromatic heterocycles. The molecule has 0 aliphatic heterocycles. The number of aromatic nitrogens is 3. The van der Waals surface area contributed by atoms with Crippen molar-refractivity contribution in [3.8, 4) is 28.2 Å². The summed E-state index contributed by atoms with van der Waals surface area (Å²) in [6.45, 7) is 3.52. The number of halogens is 1. The molecule has 0 aliphatic carbocycles. The van der Waals surface area contributed by atoms with Crippen molar-refractivity contribution < 1.29 is 13.7 Å². The van der Waals surface area contributed by atoms with Crippen molar-refractivity contribution in [2.75, 3.05) is 0 Å². The summed E-state index contributed by atoms with van der Waals surface area (Å²) in [5.41, 5.74) is 4.46. The molecule has 2 heterocycles. The van der Waals surface area contributed by atoms with Crippen molar-refractivity contribution in [1.29, 1.82) is 0 Å². The van der Waals surface area contributed by atoms with Gasteiger partial charge in [0.2, 0.25) is 0 Å². The van der Waals surface area contributed by atoms with Gasteiger partial charge in [-0.1, -0.05) is 12.1 Å². The van der Waals surface area contributed by atoms with E-state index in [1.807, 2.05) is 29.8 Å². The quantitative estimate of drug-likeness (QED) is 0.456. The number of benzene rings is 2. The molecule has 28 heavy (non-hydrogen) atoms.